The Labute approximate surface area is 129 Å². The Morgan fingerprint density at radius 3 is 2.41 bits per heavy atom. The largest absolute Gasteiger partial charge is 0.366 e. The summed E-state index contributed by atoms with van der Waals surface area (Å²) in [7, 11) is 0. The summed E-state index contributed by atoms with van der Waals surface area (Å²) in [6, 6.07) is 9.07. The van der Waals surface area contributed by atoms with E-state index >= 15 is 0 Å². The molecule has 1 heterocycles. The molecular weight excluding hydrogens is 306 g/mol. The number of carbonyl (C=O) groups is 2. The molecule has 0 saturated heterocycles. The predicted molar refractivity (Wildman–Crippen MR) is 83.6 cm³/mol. The zero-order valence-electron chi connectivity index (χ0n) is 11.2. The lowest BCUT2D eigenvalue weighted by atomic mass is 10.2. The minimum Gasteiger partial charge on any atom is -0.366 e. The van der Waals surface area contributed by atoms with Gasteiger partial charge in [0.25, 0.3) is 0 Å². The minimum absolute atomic E-state index is 0.0158. The van der Waals surface area contributed by atoms with Gasteiger partial charge in [-0.2, -0.15) is 0 Å². The molecule has 2 aromatic rings. The van der Waals surface area contributed by atoms with Gasteiger partial charge in [0, 0.05) is 28.3 Å². The molecule has 2 rings (SSSR count). The Morgan fingerprint density at radius 2 is 1.86 bits per heavy atom. The van der Waals surface area contributed by atoms with Crippen LogP contribution in [0.25, 0.3) is 6.08 Å². The topological polar surface area (TPSA) is 115 Å². The van der Waals surface area contributed by atoms with Gasteiger partial charge in [0.15, 0.2) is 0 Å². The molecule has 0 fully saturated rings. The van der Waals surface area contributed by atoms with Crippen molar-refractivity contribution < 1.29 is 14.5 Å². The highest BCUT2D eigenvalue weighted by Gasteiger charge is 2.08. The number of anilines is 1. The van der Waals surface area contributed by atoms with Crippen LogP contribution in [0.1, 0.15) is 15.2 Å². The van der Waals surface area contributed by atoms with Gasteiger partial charge >= 0.3 is 5.00 Å². The molecule has 0 spiro atoms. The van der Waals surface area contributed by atoms with Crippen molar-refractivity contribution in [3.05, 3.63) is 63.0 Å². The molecule has 8 heteroatoms. The normalized spacial score (nSPS) is 10.5. The van der Waals surface area contributed by atoms with Crippen molar-refractivity contribution in [3.63, 3.8) is 0 Å². The molecule has 2 amide bonds. The molecule has 1 aromatic heterocycles. The fourth-order valence-corrected chi connectivity index (χ4v) is 2.31. The Bertz CT molecular complexity index is 750. The molecule has 7 nitrogen and oxygen atoms in total. The summed E-state index contributed by atoms with van der Waals surface area (Å²) in [5.74, 6) is -0.931. The summed E-state index contributed by atoms with van der Waals surface area (Å²) < 4.78 is 0. The highest BCUT2D eigenvalue weighted by Crippen LogP contribution is 2.24. The number of primary amides is 1. The number of nitrogens with zero attached hydrogens (tertiary/aromatic N) is 1. The quantitative estimate of drug-likeness (QED) is 0.500. The Hall–Kier alpha value is -3.00. The fraction of sp³-hybridized carbons (Fsp3) is 0. The maximum absolute atomic E-state index is 11.7. The van der Waals surface area contributed by atoms with Gasteiger partial charge in [-0.05, 0) is 36.4 Å². The van der Waals surface area contributed by atoms with Crippen LogP contribution in [-0.2, 0) is 4.79 Å². The van der Waals surface area contributed by atoms with Crippen molar-refractivity contribution in [2.24, 2.45) is 5.73 Å². The molecule has 112 valence electrons. The van der Waals surface area contributed by atoms with E-state index in [2.05, 4.69) is 5.32 Å². The van der Waals surface area contributed by atoms with Crippen molar-refractivity contribution in [2.45, 2.75) is 0 Å². The number of nitro groups is 1. The van der Waals surface area contributed by atoms with E-state index in [0.29, 0.717) is 16.1 Å². The third-order valence-corrected chi connectivity index (χ3v) is 3.63. The van der Waals surface area contributed by atoms with E-state index in [0.717, 1.165) is 11.3 Å². The Morgan fingerprint density at radius 1 is 1.18 bits per heavy atom. The van der Waals surface area contributed by atoms with Crippen molar-refractivity contribution in [2.75, 3.05) is 5.32 Å². The highest BCUT2D eigenvalue weighted by atomic mass is 32.1. The molecule has 0 aliphatic rings. The van der Waals surface area contributed by atoms with Crippen LogP contribution >= 0.6 is 11.3 Å². The summed E-state index contributed by atoms with van der Waals surface area (Å²) >= 11 is 0.977. The summed E-state index contributed by atoms with van der Waals surface area (Å²) in [5.41, 5.74) is 5.97. The fourth-order valence-electron chi connectivity index (χ4n) is 1.59. The smallest absolute Gasteiger partial charge is 0.324 e. The molecule has 0 radical (unpaired) electrons. The molecule has 22 heavy (non-hydrogen) atoms. The number of benzene rings is 1. The number of carbonyl (C=O) groups excluding carboxylic acids is 2. The van der Waals surface area contributed by atoms with E-state index < -0.39 is 10.8 Å². The van der Waals surface area contributed by atoms with E-state index in [1.54, 1.807) is 18.2 Å². The van der Waals surface area contributed by atoms with E-state index in [1.165, 1.54) is 30.4 Å². The number of nitrogens with one attached hydrogen (secondary N) is 1. The zero-order chi connectivity index (χ0) is 16.1. The van der Waals surface area contributed by atoms with E-state index in [9.17, 15) is 19.7 Å². The monoisotopic (exact) mass is 317 g/mol. The third kappa shape index (κ3) is 4.00. The lowest BCUT2D eigenvalue weighted by Gasteiger charge is -2.02. The highest BCUT2D eigenvalue weighted by molar-refractivity contribution is 7.16. The predicted octanol–water partition coefficient (Wildman–Crippen LogP) is 2.41. The van der Waals surface area contributed by atoms with E-state index in [1.807, 2.05) is 0 Å². The molecule has 0 aliphatic heterocycles. The molecule has 0 bridgehead atoms. The van der Waals surface area contributed by atoms with Crippen LogP contribution in [-0.4, -0.2) is 16.7 Å². The number of nitrogens with two attached hydrogens (primary N) is 1. The molecule has 0 aliphatic carbocycles. The number of thiophene rings is 1. The molecule has 3 N–H and O–H groups in total. The van der Waals surface area contributed by atoms with Gasteiger partial charge in [0.05, 0.1) is 4.92 Å². The van der Waals surface area contributed by atoms with Gasteiger partial charge in [0.2, 0.25) is 11.8 Å². The van der Waals surface area contributed by atoms with Crippen molar-refractivity contribution in [1.82, 2.24) is 0 Å². The maximum Gasteiger partial charge on any atom is 0.324 e. The number of hydrogen-bond donors (Lipinski definition) is 2. The Kier molecular flexibility index (Phi) is 4.64. The second-order valence-electron chi connectivity index (χ2n) is 4.20. The average molecular weight is 317 g/mol. The van der Waals surface area contributed by atoms with Gasteiger partial charge in [-0.1, -0.05) is 11.3 Å². The molecule has 0 saturated carbocycles. The second kappa shape index (κ2) is 6.64. The summed E-state index contributed by atoms with van der Waals surface area (Å²) in [6.07, 6.45) is 2.77. The molecule has 0 unspecified atom stereocenters. The first kappa shape index (κ1) is 15.4. The number of hydrogen-bond acceptors (Lipinski definition) is 5. The second-order valence-corrected chi connectivity index (χ2v) is 5.29. The first-order chi connectivity index (χ1) is 10.5. The van der Waals surface area contributed by atoms with Crippen LogP contribution in [0.3, 0.4) is 0 Å². The van der Waals surface area contributed by atoms with Crippen LogP contribution < -0.4 is 11.1 Å². The van der Waals surface area contributed by atoms with Crippen LogP contribution in [0.15, 0.2) is 42.5 Å². The van der Waals surface area contributed by atoms with Crippen molar-refractivity contribution in [1.29, 1.82) is 0 Å². The van der Waals surface area contributed by atoms with Gasteiger partial charge < -0.3 is 11.1 Å². The average Bonchev–Trinajstić information content (AvgIpc) is 2.95. The van der Waals surface area contributed by atoms with Crippen molar-refractivity contribution in [3.8, 4) is 0 Å². The summed E-state index contributed by atoms with van der Waals surface area (Å²) in [5, 5.41) is 13.2. The third-order valence-electron chi connectivity index (χ3n) is 2.63. The first-order valence-electron chi connectivity index (χ1n) is 6.09. The van der Waals surface area contributed by atoms with Gasteiger partial charge in [-0.3, -0.25) is 19.7 Å². The zero-order valence-corrected chi connectivity index (χ0v) is 12.0. The summed E-state index contributed by atoms with van der Waals surface area (Å²) in [6.45, 7) is 0. The van der Waals surface area contributed by atoms with Gasteiger partial charge in [0.1, 0.15) is 0 Å². The lowest BCUT2D eigenvalue weighted by Crippen LogP contribution is -2.11. The lowest BCUT2D eigenvalue weighted by molar-refractivity contribution is -0.380. The van der Waals surface area contributed by atoms with Crippen LogP contribution in [0, 0.1) is 10.1 Å². The molecule has 0 atom stereocenters. The summed E-state index contributed by atoms with van der Waals surface area (Å²) in [4.78, 5) is 33.3. The Balaban J connectivity index is 1.98. The first-order valence-corrected chi connectivity index (χ1v) is 6.90. The molecule has 1 aromatic carbocycles. The van der Waals surface area contributed by atoms with Gasteiger partial charge in [-0.25, -0.2) is 0 Å². The molecular formula is C14H11N3O4S. The van der Waals surface area contributed by atoms with Crippen LogP contribution in [0.2, 0.25) is 0 Å². The minimum atomic E-state index is -0.544. The standard InChI is InChI=1S/C14H11N3O4S/c15-14(19)9-1-3-10(4-2-9)16-12(18)7-5-11-6-8-13(22-11)17(20)21/h1-8H,(H2,15,19)(H,16,18)/b7-5+. The van der Waals surface area contributed by atoms with E-state index in [-0.39, 0.29) is 10.9 Å². The maximum atomic E-state index is 11.7. The van der Waals surface area contributed by atoms with Crippen LogP contribution in [0.4, 0.5) is 10.7 Å². The number of rotatable bonds is 5. The van der Waals surface area contributed by atoms with Crippen LogP contribution in [0.5, 0.6) is 0 Å². The van der Waals surface area contributed by atoms with Crippen molar-refractivity contribution >= 4 is 39.9 Å². The SMILES string of the molecule is NC(=O)c1ccc(NC(=O)/C=C/c2ccc([N+](=O)[O-])s2)cc1. The number of amides is 2. The van der Waals surface area contributed by atoms with E-state index in [4.69, 9.17) is 5.73 Å². The van der Waals surface area contributed by atoms with Gasteiger partial charge in [-0.15, -0.1) is 0 Å².